The highest BCUT2D eigenvalue weighted by molar-refractivity contribution is 7.80. The summed E-state index contributed by atoms with van der Waals surface area (Å²) < 4.78 is 5.31. The summed E-state index contributed by atoms with van der Waals surface area (Å²) in [6, 6.07) is 18.6. The van der Waals surface area contributed by atoms with Gasteiger partial charge in [-0.2, -0.15) is 0 Å². The maximum atomic E-state index is 11.3. The molecular weight excluding hydrogens is 394 g/mol. The van der Waals surface area contributed by atoms with Crippen LogP contribution in [0.4, 0.5) is 0 Å². The highest BCUT2D eigenvalue weighted by Crippen LogP contribution is 2.23. The molecular formula is C25H33NO3S. The number of thiocarbonyl (C=S) groups is 1. The summed E-state index contributed by atoms with van der Waals surface area (Å²) in [5, 5.41) is 12.7. The predicted molar refractivity (Wildman–Crippen MR) is 126 cm³/mol. The molecule has 30 heavy (non-hydrogen) atoms. The highest BCUT2D eigenvalue weighted by atomic mass is 32.1. The van der Waals surface area contributed by atoms with Crippen LogP contribution in [0.15, 0.2) is 54.6 Å². The van der Waals surface area contributed by atoms with E-state index in [1.54, 1.807) is 0 Å². The van der Waals surface area contributed by atoms with Crippen molar-refractivity contribution in [2.24, 2.45) is 0 Å². The Labute approximate surface area is 185 Å². The first-order valence-corrected chi connectivity index (χ1v) is 11.2. The highest BCUT2D eigenvalue weighted by Gasteiger charge is 2.19. The Balaban J connectivity index is 2.00. The summed E-state index contributed by atoms with van der Waals surface area (Å²) in [6.45, 7) is 5.29. The number of nitrogens with one attached hydrogen (secondary N) is 1. The van der Waals surface area contributed by atoms with Crippen molar-refractivity contribution in [2.75, 3.05) is 13.2 Å². The van der Waals surface area contributed by atoms with Crippen LogP contribution in [0.1, 0.15) is 55.7 Å². The van der Waals surface area contributed by atoms with Gasteiger partial charge >= 0.3 is 5.97 Å². The van der Waals surface area contributed by atoms with Crippen LogP contribution in [-0.2, 0) is 22.4 Å². The maximum absolute atomic E-state index is 11.3. The molecule has 0 aliphatic heterocycles. The van der Waals surface area contributed by atoms with Crippen molar-refractivity contribution in [3.8, 4) is 0 Å². The van der Waals surface area contributed by atoms with E-state index in [0.717, 1.165) is 42.8 Å². The van der Waals surface area contributed by atoms with E-state index in [2.05, 4.69) is 48.6 Å². The molecule has 0 saturated carbocycles. The Morgan fingerprint density at radius 3 is 2.33 bits per heavy atom. The van der Waals surface area contributed by atoms with Gasteiger partial charge in [0, 0.05) is 25.5 Å². The normalized spacial score (nSPS) is 12.9. The molecule has 0 radical (unpaired) electrons. The Morgan fingerprint density at radius 2 is 1.73 bits per heavy atom. The zero-order valence-electron chi connectivity index (χ0n) is 18.0. The van der Waals surface area contributed by atoms with Gasteiger partial charge in [0.1, 0.15) is 0 Å². The fourth-order valence-corrected chi connectivity index (χ4v) is 3.79. The zero-order chi connectivity index (χ0) is 21.8. The minimum absolute atomic E-state index is 0.187. The summed E-state index contributed by atoms with van der Waals surface area (Å²) >= 11 is 5.72. The van der Waals surface area contributed by atoms with Gasteiger partial charge in [-0.25, -0.2) is 4.79 Å². The van der Waals surface area contributed by atoms with Crippen LogP contribution in [0.25, 0.3) is 0 Å². The second kappa shape index (κ2) is 13.1. The van der Waals surface area contributed by atoms with Crippen molar-refractivity contribution >= 4 is 23.2 Å². The van der Waals surface area contributed by atoms with E-state index < -0.39 is 12.1 Å². The van der Waals surface area contributed by atoms with E-state index in [0.29, 0.717) is 13.0 Å². The van der Waals surface area contributed by atoms with E-state index in [1.807, 2.05) is 25.1 Å². The van der Waals surface area contributed by atoms with Crippen molar-refractivity contribution in [3.05, 3.63) is 71.3 Å². The van der Waals surface area contributed by atoms with E-state index in [1.165, 1.54) is 11.1 Å². The molecule has 0 fully saturated rings. The van der Waals surface area contributed by atoms with Crippen molar-refractivity contribution in [2.45, 2.75) is 58.0 Å². The zero-order valence-corrected chi connectivity index (χ0v) is 18.8. The Kier molecular flexibility index (Phi) is 10.5. The number of ether oxygens (including phenoxy) is 1. The molecule has 0 aliphatic carbocycles. The minimum Gasteiger partial charge on any atom is -0.479 e. The van der Waals surface area contributed by atoms with Crippen LogP contribution in [-0.4, -0.2) is 35.3 Å². The second-order valence-electron chi connectivity index (χ2n) is 7.45. The molecule has 4 nitrogen and oxygen atoms in total. The van der Waals surface area contributed by atoms with Gasteiger partial charge in [-0.05, 0) is 42.9 Å². The van der Waals surface area contributed by atoms with E-state index in [4.69, 9.17) is 17.0 Å². The lowest BCUT2D eigenvalue weighted by atomic mass is 9.91. The fourth-order valence-electron chi connectivity index (χ4n) is 3.43. The quantitative estimate of drug-likeness (QED) is 0.342. The molecule has 0 bridgehead atoms. The van der Waals surface area contributed by atoms with Crippen LogP contribution >= 0.6 is 12.2 Å². The molecule has 2 N–H and O–H groups in total. The molecule has 0 heterocycles. The molecule has 162 valence electrons. The molecule has 2 rings (SSSR count). The molecule has 2 aromatic carbocycles. The molecule has 0 saturated heterocycles. The van der Waals surface area contributed by atoms with Gasteiger partial charge in [0.05, 0.1) is 4.99 Å². The number of aliphatic carboxylic acids is 1. The maximum Gasteiger partial charge on any atom is 0.333 e. The molecule has 2 aromatic rings. The van der Waals surface area contributed by atoms with Crippen LogP contribution in [0.5, 0.6) is 0 Å². The van der Waals surface area contributed by atoms with Crippen LogP contribution in [0.3, 0.4) is 0 Å². The number of hydrogen-bond donors (Lipinski definition) is 2. The van der Waals surface area contributed by atoms with Crippen molar-refractivity contribution in [1.82, 2.24) is 5.32 Å². The topological polar surface area (TPSA) is 58.6 Å². The van der Waals surface area contributed by atoms with Gasteiger partial charge in [0.2, 0.25) is 0 Å². The second-order valence-corrected chi connectivity index (χ2v) is 7.89. The average molecular weight is 428 g/mol. The summed E-state index contributed by atoms with van der Waals surface area (Å²) in [6.07, 6.45) is 3.67. The van der Waals surface area contributed by atoms with Gasteiger partial charge in [-0.1, -0.05) is 80.2 Å². The van der Waals surface area contributed by atoms with E-state index in [-0.39, 0.29) is 5.92 Å². The third-order valence-electron chi connectivity index (χ3n) is 5.16. The first-order chi connectivity index (χ1) is 14.5. The summed E-state index contributed by atoms with van der Waals surface area (Å²) in [5.74, 6) is -0.734. The lowest BCUT2D eigenvalue weighted by Gasteiger charge is -2.20. The minimum atomic E-state index is -0.921. The average Bonchev–Trinajstić information content (AvgIpc) is 2.75. The van der Waals surface area contributed by atoms with Gasteiger partial charge in [-0.3, -0.25) is 0 Å². The fraction of sp³-hybridized carbons (Fsp3) is 0.440. The largest absolute Gasteiger partial charge is 0.479 e. The molecule has 5 heteroatoms. The smallest absolute Gasteiger partial charge is 0.333 e. The Bertz CT molecular complexity index is 777. The number of rotatable bonds is 13. The lowest BCUT2D eigenvalue weighted by Crippen LogP contribution is -2.28. The number of carbonyl (C=O) groups is 1. The molecule has 2 atom stereocenters. The van der Waals surface area contributed by atoms with E-state index in [9.17, 15) is 9.90 Å². The molecule has 0 aromatic heterocycles. The number of aryl methyl sites for hydroxylation is 1. The molecule has 0 spiro atoms. The van der Waals surface area contributed by atoms with Crippen molar-refractivity contribution < 1.29 is 14.6 Å². The summed E-state index contributed by atoms with van der Waals surface area (Å²) in [5.41, 5.74) is 3.43. The van der Waals surface area contributed by atoms with E-state index >= 15 is 0 Å². The number of benzene rings is 2. The van der Waals surface area contributed by atoms with Crippen LogP contribution in [0, 0.1) is 0 Å². The lowest BCUT2D eigenvalue weighted by molar-refractivity contribution is -0.149. The third kappa shape index (κ3) is 7.88. The van der Waals surface area contributed by atoms with Crippen molar-refractivity contribution in [1.29, 1.82) is 0 Å². The Hall–Kier alpha value is -2.24. The number of carboxylic acids is 1. The van der Waals surface area contributed by atoms with Gasteiger partial charge in [0.25, 0.3) is 0 Å². The Morgan fingerprint density at radius 1 is 1.07 bits per heavy atom. The number of carboxylic acid groups (broad SMARTS) is 1. The molecule has 0 unspecified atom stereocenters. The van der Waals surface area contributed by atoms with Gasteiger partial charge in [-0.15, -0.1) is 0 Å². The van der Waals surface area contributed by atoms with Gasteiger partial charge in [0.15, 0.2) is 6.10 Å². The number of unbranched alkanes of at least 4 members (excludes halogenated alkanes) is 1. The molecule has 0 amide bonds. The van der Waals surface area contributed by atoms with Crippen LogP contribution in [0.2, 0.25) is 0 Å². The van der Waals surface area contributed by atoms with Gasteiger partial charge < -0.3 is 15.2 Å². The monoisotopic (exact) mass is 427 g/mol. The first-order valence-electron chi connectivity index (χ1n) is 10.8. The SMILES string of the molecule is CCCCNC(=S)[C@@H](CCc1ccc(C[C@@H](OCC)C(=O)O)cc1)c1ccccc1. The molecule has 0 aliphatic rings. The summed E-state index contributed by atoms with van der Waals surface area (Å²) in [7, 11) is 0. The third-order valence-corrected chi connectivity index (χ3v) is 5.59. The summed E-state index contributed by atoms with van der Waals surface area (Å²) in [4.78, 5) is 12.2. The number of hydrogen-bond acceptors (Lipinski definition) is 3. The first kappa shape index (κ1) is 24.0. The predicted octanol–water partition coefficient (Wildman–Crippen LogP) is 5.15. The van der Waals surface area contributed by atoms with Crippen LogP contribution < -0.4 is 5.32 Å². The van der Waals surface area contributed by atoms with Crippen molar-refractivity contribution in [3.63, 3.8) is 0 Å². The standard InChI is InChI=1S/C25H33NO3S/c1-3-5-17-26-24(30)22(21-9-7-6-8-10-21)16-15-19-11-13-20(14-12-19)18-23(25(27)28)29-4-2/h6-14,22-23H,3-5,15-18H2,1-2H3,(H,26,30)(H,27,28)/t22-,23+/m0/s1.